The lowest BCUT2D eigenvalue weighted by atomic mass is 9.97. The van der Waals surface area contributed by atoms with Crippen LogP contribution in [0.25, 0.3) is 11.4 Å². The molecule has 1 N–H and O–H groups in total. The Morgan fingerprint density at radius 2 is 1.67 bits per heavy atom. The molecule has 2 atom stereocenters. The van der Waals surface area contributed by atoms with Crippen LogP contribution in [0.5, 0.6) is 5.75 Å². The summed E-state index contributed by atoms with van der Waals surface area (Å²) in [6.45, 7) is -2.95. The molecule has 1 aromatic heterocycles. The molecule has 184 valence electrons. The Bertz CT molecular complexity index is 1420. The number of carbonyl (C=O) groups is 1. The number of thioether (sulfide) groups is 1. The number of Topliss-reactive ketones (excluding diaryl/α,β-unsaturated/α-hetero) is 1. The molecule has 0 spiro atoms. The van der Waals surface area contributed by atoms with Crippen LogP contribution in [0.15, 0.2) is 71.9 Å². The Labute approximate surface area is 223 Å². The maximum Gasteiger partial charge on any atom is 0.387 e. The van der Waals surface area contributed by atoms with E-state index in [1.54, 1.807) is 35.0 Å². The molecule has 0 saturated carbocycles. The number of carbonyl (C=O) groups excluding carboxylic acids is 1. The normalized spacial score (nSPS) is 16.9. The smallest absolute Gasteiger partial charge is 0.387 e. The quantitative estimate of drug-likeness (QED) is 0.250. The monoisotopic (exact) mass is 566 g/mol. The molecular formula is C24H15Cl3F2N4O2S. The molecule has 12 heteroatoms. The van der Waals surface area contributed by atoms with Crippen LogP contribution in [0.3, 0.4) is 0 Å². The number of nitrogens with zero attached hydrogens (tertiary/aromatic N) is 3. The lowest BCUT2D eigenvalue weighted by Crippen LogP contribution is -2.39. The zero-order valence-electron chi connectivity index (χ0n) is 18.0. The molecule has 3 aromatic carbocycles. The van der Waals surface area contributed by atoms with E-state index in [4.69, 9.17) is 34.8 Å². The summed E-state index contributed by atoms with van der Waals surface area (Å²) in [7, 11) is 0. The average Bonchev–Trinajstić information content (AvgIpc) is 3.26. The van der Waals surface area contributed by atoms with Gasteiger partial charge in [-0.05, 0) is 60.2 Å². The second-order valence-electron chi connectivity index (χ2n) is 7.73. The second kappa shape index (κ2) is 10.3. The van der Waals surface area contributed by atoms with E-state index >= 15 is 0 Å². The molecule has 5 rings (SSSR count). The van der Waals surface area contributed by atoms with E-state index in [0.29, 0.717) is 37.2 Å². The fourth-order valence-corrected chi connectivity index (χ4v) is 5.56. The van der Waals surface area contributed by atoms with Gasteiger partial charge in [0.05, 0.1) is 11.1 Å². The van der Waals surface area contributed by atoms with Crippen molar-refractivity contribution < 1.29 is 18.3 Å². The fourth-order valence-electron chi connectivity index (χ4n) is 3.79. The van der Waals surface area contributed by atoms with Crippen LogP contribution in [0, 0.1) is 0 Å². The molecule has 4 aromatic rings. The van der Waals surface area contributed by atoms with E-state index in [1.165, 1.54) is 36.0 Å². The molecule has 1 aliphatic rings. The van der Waals surface area contributed by atoms with Gasteiger partial charge in [0.2, 0.25) is 5.16 Å². The summed E-state index contributed by atoms with van der Waals surface area (Å²) < 4.78 is 31.1. The van der Waals surface area contributed by atoms with Crippen molar-refractivity contribution in [1.82, 2.24) is 14.9 Å². The topological polar surface area (TPSA) is 69.0 Å². The maximum absolute atomic E-state index is 13.6. The number of hydrogen-bond acceptors (Lipinski definition) is 6. The molecule has 36 heavy (non-hydrogen) atoms. The average molecular weight is 568 g/mol. The minimum atomic E-state index is -2.95. The molecule has 0 saturated heterocycles. The third-order valence-electron chi connectivity index (χ3n) is 5.46. The Morgan fingerprint density at radius 1 is 0.972 bits per heavy atom. The Kier molecular flexibility index (Phi) is 7.07. The van der Waals surface area contributed by atoms with E-state index in [9.17, 15) is 13.6 Å². The first kappa shape index (κ1) is 24.8. The van der Waals surface area contributed by atoms with Crippen molar-refractivity contribution >= 4 is 52.3 Å². The summed E-state index contributed by atoms with van der Waals surface area (Å²) in [5.41, 5.74) is 5.10. The Morgan fingerprint density at radius 3 is 2.33 bits per heavy atom. The van der Waals surface area contributed by atoms with Crippen molar-refractivity contribution in [3.63, 3.8) is 0 Å². The van der Waals surface area contributed by atoms with E-state index in [1.807, 2.05) is 12.1 Å². The summed E-state index contributed by atoms with van der Waals surface area (Å²) in [5.74, 6) is 0.198. The van der Waals surface area contributed by atoms with Crippen LogP contribution >= 0.6 is 46.6 Å². The summed E-state index contributed by atoms with van der Waals surface area (Å²) in [4.78, 5) is 13.6. The molecule has 0 unspecified atom stereocenters. The number of halogens is 5. The number of aromatic nitrogens is 3. The molecule has 6 nitrogen and oxygen atoms in total. The molecule has 0 bridgehead atoms. The van der Waals surface area contributed by atoms with Crippen molar-refractivity contribution in [3.05, 3.63) is 92.9 Å². The van der Waals surface area contributed by atoms with Crippen LogP contribution in [-0.2, 0) is 0 Å². The number of ether oxygens (including phenoxy) is 1. The molecule has 2 heterocycles. The van der Waals surface area contributed by atoms with Crippen molar-refractivity contribution in [2.24, 2.45) is 0 Å². The SMILES string of the molecule is O=C(c1ccc(OC(F)F)cc1)[C@@H]1Sc2nnc(-c3ccc(Cl)cc3Cl)n2N[C@H]1c1ccc(Cl)cc1. The zero-order valence-corrected chi connectivity index (χ0v) is 21.1. The van der Waals surface area contributed by atoms with E-state index in [0.717, 1.165) is 5.56 Å². The van der Waals surface area contributed by atoms with E-state index < -0.39 is 17.9 Å². The number of alkyl halides is 2. The van der Waals surface area contributed by atoms with Crippen molar-refractivity contribution in [2.45, 2.75) is 23.1 Å². The number of ketones is 1. The molecular weight excluding hydrogens is 553 g/mol. The largest absolute Gasteiger partial charge is 0.435 e. The summed E-state index contributed by atoms with van der Waals surface area (Å²) in [6.07, 6.45) is 0. The van der Waals surface area contributed by atoms with Crippen LogP contribution in [0.1, 0.15) is 22.0 Å². The first-order chi connectivity index (χ1) is 17.3. The van der Waals surface area contributed by atoms with Gasteiger partial charge in [0.15, 0.2) is 11.6 Å². The highest BCUT2D eigenvalue weighted by Gasteiger charge is 2.38. The molecule has 0 radical (unpaired) electrons. The Hall–Kier alpha value is -2.85. The number of hydrogen-bond donors (Lipinski definition) is 1. The van der Waals surface area contributed by atoms with E-state index in [2.05, 4.69) is 20.4 Å². The van der Waals surface area contributed by atoms with Gasteiger partial charge in [-0.1, -0.05) is 58.7 Å². The first-order valence-corrected chi connectivity index (χ1v) is 12.5. The minimum Gasteiger partial charge on any atom is -0.435 e. The van der Waals surface area contributed by atoms with Gasteiger partial charge in [0, 0.05) is 21.2 Å². The molecule has 1 aliphatic heterocycles. The number of benzene rings is 3. The third kappa shape index (κ3) is 5.01. The van der Waals surface area contributed by atoms with Crippen molar-refractivity contribution in [1.29, 1.82) is 0 Å². The first-order valence-electron chi connectivity index (χ1n) is 10.5. The highest BCUT2D eigenvalue weighted by Crippen LogP contribution is 2.41. The van der Waals surface area contributed by atoms with E-state index in [-0.39, 0.29) is 11.5 Å². The van der Waals surface area contributed by atoms with Gasteiger partial charge >= 0.3 is 6.61 Å². The minimum absolute atomic E-state index is 0.0329. The predicted molar refractivity (Wildman–Crippen MR) is 136 cm³/mol. The van der Waals surface area contributed by atoms with Crippen LogP contribution in [0.4, 0.5) is 8.78 Å². The number of rotatable bonds is 6. The van der Waals surface area contributed by atoms with Gasteiger partial charge in [0.25, 0.3) is 0 Å². The highest BCUT2D eigenvalue weighted by atomic mass is 35.5. The van der Waals surface area contributed by atoms with Gasteiger partial charge < -0.3 is 10.2 Å². The van der Waals surface area contributed by atoms with Crippen LogP contribution < -0.4 is 10.2 Å². The maximum atomic E-state index is 13.6. The van der Waals surface area contributed by atoms with Crippen LogP contribution in [-0.4, -0.2) is 32.5 Å². The van der Waals surface area contributed by atoms with Crippen molar-refractivity contribution in [2.75, 3.05) is 5.43 Å². The zero-order chi connectivity index (χ0) is 25.4. The number of fused-ring (bicyclic) bond motifs is 1. The lowest BCUT2D eigenvalue weighted by Gasteiger charge is -2.33. The standard InChI is InChI=1S/C24H15Cl3F2N4O2S/c25-14-5-1-12(2-6-14)19-21(20(34)13-3-8-16(9-4-13)35-23(28)29)36-24-31-30-22(33(24)32-19)17-10-7-15(26)11-18(17)27/h1-11,19,21,23,32H/t19-,21+/m0/s1. The highest BCUT2D eigenvalue weighted by molar-refractivity contribution is 8.00. The van der Waals surface area contributed by atoms with Gasteiger partial charge in [-0.25, -0.2) is 4.68 Å². The summed E-state index contributed by atoms with van der Waals surface area (Å²) in [5, 5.41) is 9.79. The summed E-state index contributed by atoms with van der Waals surface area (Å²) in [6, 6.07) is 17.2. The third-order valence-corrected chi connectivity index (χ3v) is 7.48. The number of nitrogens with one attached hydrogen (secondary N) is 1. The van der Waals surface area contributed by atoms with Gasteiger partial charge in [-0.3, -0.25) is 4.79 Å². The van der Waals surface area contributed by atoms with Gasteiger partial charge in [-0.2, -0.15) is 8.78 Å². The lowest BCUT2D eigenvalue weighted by molar-refractivity contribution is -0.0498. The predicted octanol–water partition coefficient (Wildman–Crippen LogP) is 7.15. The Balaban J connectivity index is 1.53. The molecule has 0 amide bonds. The van der Waals surface area contributed by atoms with Crippen molar-refractivity contribution in [3.8, 4) is 17.1 Å². The fraction of sp³-hybridized carbons (Fsp3) is 0.125. The second-order valence-corrected chi connectivity index (χ2v) is 10.1. The van der Waals surface area contributed by atoms with Gasteiger partial charge in [-0.15, -0.1) is 10.2 Å². The molecule has 0 fully saturated rings. The summed E-state index contributed by atoms with van der Waals surface area (Å²) >= 11 is 19.8. The molecule has 0 aliphatic carbocycles. The van der Waals surface area contributed by atoms with Crippen LogP contribution in [0.2, 0.25) is 15.1 Å². The van der Waals surface area contributed by atoms with Gasteiger partial charge in [0.1, 0.15) is 11.0 Å².